The van der Waals surface area contributed by atoms with Crippen molar-refractivity contribution in [3.8, 4) is 5.69 Å². The molecule has 0 atom stereocenters. The van der Waals surface area contributed by atoms with Crippen LogP contribution in [0.3, 0.4) is 0 Å². The Bertz CT molecular complexity index is 832. The highest BCUT2D eigenvalue weighted by Crippen LogP contribution is 2.27. The molecule has 7 nitrogen and oxygen atoms in total. The minimum Gasteiger partial charge on any atom is -0.338 e. The zero-order chi connectivity index (χ0) is 21.4. The van der Waals surface area contributed by atoms with Gasteiger partial charge in [0.2, 0.25) is 5.91 Å². The molecule has 0 fully saturated rings. The number of hydrogen-bond donors (Lipinski definition) is 1. The maximum atomic E-state index is 12.6. The summed E-state index contributed by atoms with van der Waals surface area (Å²) in [4.78, 5) is 29.9. The van der Waals surface area contributed by atoms with Crippen LogP contribution in [0.15, 0.2) is 30.7 Å². The third kappa shape index (κ3) is 6.93. The van der Waals surface area contributed by atoms with Gasteiger partial charge in [-0.1, -0.05) is 11.6 Å². The van der Waals surface area contributed by atoms with Crippen molar-refractivity contribution < 1.29 is 22.8 Å². The second kappa shape index (κ2) is 10.5. The van der Waals surface area contributed by atoms with Crippen LogP contribution in [-0.4, -0.2) is 50.9 Å². The summed E-state index contributed by atoms with van der Waals surface area (Å²) in [6.45, 7) is 1.96. The fraction of sp³-hybridized carbons (Fsp3) is 0.412. The highest BCUT2D eigenvalue weighted by molar-refractivity contribution is 7.99. The number of carbonyl (C=O) groups is 2. The number of pyridine rings is 1. The van der Waals surface area contributed by atoms with E-state index in [1.165, 1.54) is 17.1 Å². The normalized spacial score (nSPS) is 11.3. The number of urea groups is 1. The maximum absolute atomic E-state index is 12.6. The van der Waals surface area contributed by atoms with Gasteiger partial charge in [0.05, 0.1) is 24.5 Å². The van der Waals surface area contributed by atoms with Crippen molar-refractivity contribution in [3.63, 3.8) is 0 Å². The van der Waals surface area contributed by atoms with Crippen molar-refractivity contribution >= 4 is 41.0 Å². The highest BCUT2D eigenvalue weighted by atomic mass is 35.5. The fourth-order valence-electron chi connectivity index (χ4n) is 2.26. The number of rotatable bonds is 8. The van der Waals surface area contributed by atoms with Crippen molar-refractivity contribution in [2.24, 2.45) is 0 Å². The lowest BCUT2D eigenvalue weighted by Gasteiger charge is -2.19. The van der Waals surface area contributed by atoms with E-state index < -0.39 is 24.5 Å². The van der Waals surface area contributed by atoms with Crippen LogP contribution in [0, 0.1) is 0 Å². The zero-order valence-corrected chi connectivity index (χ0v) is 17.0. The molecule has 2 aromatic rings. The summed E-state index contributed by atoms with van der Waals surface area (Å²) in [5.74, 6) is -0.611. The Morgan fingerprint density at radius 3 is 2.72 bits per heavy atom. The number of amides is 3. The lowest BCUT2D eigenvalue weighted by molar-refractivity contribution is -0.129. The minimum absolute atomic E-state index is 0.0711. The Morgan fingerprint density at radius 1 is 1.34 bits per heavy atom. The quantitative estimate of drug-likeness (QED) is 0.615. The summed E-state index contributed by atoms with van der Waals surface area (Å²) in [7, 11) is 0. The second-order valence-electron chi connectivity index (χ2n) is 5.75. The van der Waals surface area contributed by atoms with Crippen LogP contribution in [0.2, 0.25) is 5.15 Å². The summed E-state index contributed by atoms with van der Waals surface area (Å²) in [6.07, 6.45) is -0.773. The number of thioether (sulfide) groups is 1. The molecule has 0 radical (unpaired) electrons. The van der Waals surface area contributed by atoms with Crippen molar-refractivity contribution in [1.29, 1.82) is 0 Å². The molecule has 2 heterocycles. The molecule has 1 N–H and O–H groups in total. The molecule has 2 rings (SSSR count). The summed E-state index contributed by atoms with van der Waals surface area (Å²) >= 11 is 7.15. The first kappa shape index (κ1) is 23.0. The van der Waals surface area contributed by atoms with E-state index in [1.54, 1.807) is 25.3 Å². The van der Waals surface area contributed by atoms with Crippen molar-refractivity contribution in [3.05, 3.63) is 35.9 Å². The summed E-state index contributed by atoms with van der Waals surface area (Å²) in [5, 5.41) is 6.56. The Hall–Kier alpha value is -2.27. The van der Waals surface area contributed by atoms with Gasteiger partial charge in [-0.05, 0) is 19.1 Å². The Labute approximate surface area is 174 Å². The van der Waals surface area contributed by atoms with E-state index in [2.05, 4.69) is 15.4 Å². The molecule has 0 aliphatic carbocycles. The first-order valence-corrected chi connectivity index (χ1v) is 10.2. The molecule has 0 saturated carbocycles. The Kier molecular flexibility index (Phi) is 8.32. The first-order chi connectivity index (χ1) is 13.7. The van der Waals surface area contributed by atoms with Crippen LogP contribution in [0.5, 0.6) is 0 Å². The van der Waals surface area contributed by atoms with Gasteiger partial charge in [-0.25, -0.2) is 14.4 Å². The average Bonchev–Trinajstić information content (AvgIpc) is 3.03. The number of aromatic nitrogens is 3. The van der Waals surface area contributed by atoms with E-state index >= 15 is 0 Å². The summed E-state index contributed by atoms with van der Waals surface area (Å²) < 4.78 is 38.0. The van der Waals surface area contributed by atoms with Gasteiger partial charge in [0, 0.05) is 30.7 Å². The Morgan fingerprint density at radius 2 is 2.10 bits per heavy atom. The molecule has 0 unspecified atom stereocenters. The lowest BCUT2D eigenvalue weighted by atomic mass is 10.3. The molecule has 0 bridgehead atoms. The number of anilines is 1. The smallest absolute Gasteiger partial charge is 0.338 e. The minimum atomic E-state index is -4.24. The summed E-state index contributed by atoms with van der Waals surface area (Å²) in [6, 6.07) is 2.72. The van der Waals surface area contributed by atoms with Crippen LogP contribution >= 0.6 is 23.4 Å². The third-order valence-electron chi connectivity index (χ3n) is 3.57. The van der Waals surface area contributed by atoms with Crippen molar-refractivity contribution in [2.45, 2.75) is 25.9 Å². The molecule has 29 heavy (non-hydrogen) atoms. The molecule has 0 saturated heterocycles. The van der Waals surface area contributed by atoms with E-state index in [1.807, 2.05) is 0 Å². The molecule has 0 aliphatic rings. The topological polar surface area (TPSA) is 80.1 Å². The standard InChI is InChI=1S/C17H19ClF3N5O2S/c1-2-23-16(28)26(14(27)5-8-29-9-6-17(19,20)21)13-11-25(24-15(13)18)12-4-3-7-22-10-12/h3-4,7,10-11H,2,5-6,8-9H2,1H3,(H,23,28). The Balaban J connectivity index is 2.13. The number of imide groups is 1. The highest BCUT2D eigenvalue weighted by Gasteiger charge is 2.28. The van der Waals surface area contributed by atoms with Crippen molar-refractivity contribution in [2.75, 3.05) is 23.0 Å². The number of halogens is 4. The zero-order valence-electron chi connectivity index (χ0n) is 15.4. The predicted molar refractivity (Wildman–Crippen MR) is 106 cm³/mol. The number of hydrogen-bond acceptors (Lipinski definition) is 5. The molecule has 2 aromatic heterocycles. The molecular weight excluding hydrogens is 431 g/mol. The second-order valence-corrected chi connectivity index (χ2v) is 7.34. The molecular formula is C17H19ClF3N5O2S. The van der Waals surface area contributed by atoms with Gasteiger partial charge in [-0.3, -0.25) is 9.78 Å². The van der Waals surface area contributed by atoms with Gasteiger partial charge in [-0.2, -0.15) is 30.0 Å². The predicted octanol–water partition coefficient (Wildman–Crippen LogP) is 4.06. The molecule has 0 aliphatic heterocycles. The van der Waals surface area contributed by atoms with Crippen LogP contribution in [-0.2, 0) is 4.79 Å². The van der Waals surface area contributed by atoms with Crippen LogP contribution < -0.4 is 10.2 Å². The van der Waals surface area contributed by atoms with Gasteiger partial charge >= 0.3 is 12.2 Å². The van der Waals surface area contributed by atoms with E-state index in [9.17, 15) is 22.8 Å². The van der Waals surface area contributed by atoms with E-state index in [0.29, 0.717) is 5.69 Å². The van der Waals surface area contributed by atoms with Gasteiger partial charge in [0.1, 0.15) is 5.69 Å². The first-order valence-electron chi connectivity index (χ1n) is 8.63. The van der Waals surface area contributed by atoms with Gasteiger partial charge in [0.25, 0.3) is 0 Å². The van der Waals surface area contributed by atoms with Gasteiger partial charge in [0.15, 0.2) is 5.15 Å². The maximum Gasteiger partial charge on any atom is 0.389 e. The number of nitrogens with one attached hydrogen (secondary N) is 1. The van der Waals surface area contributed by atoms with E-state index in [-0.39, 0.29) is 35.3 Å². The molecule has 0 aromatic carbocycles. The fourth-order valence-corrected chi connectivity index (χ4v) is 3.38. The molecule has 12 heteroatoms. The number of alkyl halides is 3. The van der Waals surface area contributed by atoms with E-state index in [0.717, 1.165) is 16.7 Å². The average molecular weight is 450 g/mol. The van der Waals surface area contributed by atoms with Gasteiger partial charge < -0.3 is 5.32 Å². The third-order valence-corrected chi connectivity index (χ3v) is 4.83. The molecule has 0 spiro atoms. The number of carbonyl (C=O) groups excluding carboxylic acids is 2. The van der Waals surface area contributed by atoms with Gasteiger partial charge in [-0.15, -0.1) is 0 Å². The summed E-state index contributed by atoms with van der Waals surface area (Å²) in [5.41, 5.74) is 0.651. The largest absolute Gasteiger partial charge is 0.389 e. The van der Waals surface area contributed by atoms with E-state index in [4.69, 9.17) is 11.6 Å². The molecule has 158 valence electrons. The SMILES string of the molecule is CCNC(=O)N(C(=O)CCSCCC(F)(F)F)c1cn(-c2cccnc2)nc1Cl. The lowest BCUT2D eigenvalue weighted by Crippen LogP contribution is -2.44. The van der Waals surface area contributed by atoms with Crippen LogP contribution in [0.1, 0.15) is 19.8 Å². The number of nitrogens with zero attached hydrogens (tertiary/aromatic N) is 4. The monoisotopic (exact) mass is 449 g/mol. The van der Waals surface area contributed by atoms with Crippen LogP contribution in [0.4, 0.5) is 23.7 Å². The molecule has 3 amide bonds. The van der Waals surface area contributed by atoms with Crippen molar-refractivity contribution in [1.82, 2.24) is 20.1 Å². The van der Waals surface area contributed by atoms with Crippen LogP contribution in [0.25, 0.3) is 5.69 Å².